The molecule has 1 N–H and O–H groups in total. The van der Waals surface area contributed by atoms with E-state index in [2.05, 4.69) is 10.3 Å². The molecule has 0 bridgehead atoms. The molecule has 5 heteroatoms. The van der Waals surface area contributed by atoms with Crippen LogP contribution < -0.4 is 5.32 Å². The first kappa shape index (κ1) is 14.5. The molecule has 2 rings (SSSR count). The second-order valence-corrected chi connectivity index (χ2v) is 5.21. The smallest absolute Gasteiger partial charge is 0.224 e. The van der Waals surface area contributed by atoms with E-state index in [1.165, 1.54) is 0 Å². The van der Waals surface area contributed by atoms with E-state index in [9.17, 15) is 9.59 Å². The largest absolute Gasteiger partial charge is 0.355 e. The molecular formula is C15H21N3O2. The van der Waals surface area contributed by atoms with E-state index in [1.807, 2.05) is 18.3 Å². The van der Waals surface area contributed by atoms with Crippen LogP contribution in [0.4, 0.5) is 0 Å². The number of likely N-dealkylation sites (tertiary alicyclic amines) is 1. The Balaban J connectivity index is 1.75. The topological polar surface area (TPSA) is 62.3 Å². The highest BCUT2D eigenvalue weighted by molar-refractivity contribution is 5.80. The Morgan fingerprint density at radius 1 is 1.50 bits per heavy atom. The summed E-state index contributed by atoms with van der Waals surface area (Å²) in [4.78, 5) is 29.2. The second-order valence-electron chi connectivity index (χ2n) is 5.21. The number of carbonyl (C=O) groups excluding carboxylic acids is 2. The maximum absolute atomic E-state index is 12.1. The van der Waals surface area contributed by atoms with E-state index in [0.717, 1.165) is 31.4 Å². The summed E-state index contributed by atoms with van der Waals surface area (Å²) in [7, 11) is 0. The first-order chi connectivity index (χ1) is 9.66. The summed E-state index contributed by atoms with van der Waals surface area (Å²) < 4.78 is 0. The van der Waals surface area contributed by atoms with Gasteiger partial charge in [0, 0.05) is 39.0 Å². The van der Waals surface area contributed by atoms with Crippen molar-refractivity contribution in [2.24, 2.45) is 5.92 Å². The number of aromatic nitrogens is 1. The van der Waals surface area contributed by atoms with Gasteiger partial charge in [0.1, 0.15) is 0 Å². The van der Waals surface area contributed by atoms with Gasteiger partial charge in [-0.05, 0) is 30.9 Å². The first-order valence-electron chi connectivity index (χ1n) is 7.09. The molecular weight excluding hydrogens is 254 g/mol. The third-order valence-corrected chi connectivity index (χ3v) is 3.67. The minimum absolute atomic E-state index is 0.0536. The Morgan fingerprint density at radius 2 is 2.35 bits per heavy atom. The minimum Gasteiger partial charge on any atom is -0.355 e. The molecule has 1 atom stereocenters. The van der Waals surface area contributed by atoms with Crippen molar-refractivity contribution in [2.45, 2.75) is 26.2 Å². The van der Waals surface area contributed by atoms with Crippen molar-refractivity contribution in [3.8, 4) is 0 Å². The maximum Gasteiger partial charge on any atom is 0.224 e. The van der Waals surface area contributed by atoms with Crippen LogP contribution in [0.25, 0.3) is 0 Å². The lowest BCUT2D eigenvalue weighted by molar-refractivity contribution is -0.133. The summed E-state index contributed by atoms with van der Waals surface area (Å²) in [6.45, 7) is 3.49. The summed E-state index contributed by atoms with van der Waals surface area (Å²) in [6, 6.07) is 3.89. The zero-order chi connectivity index (χ0) is 14.4. The number of carbonyl (C=O) groups is 2. The van der Waals surface area contributed by atoms with Gasteiger partial charge < -0.3 is 10.2 Å². The Bertz CT molecular complexity index is 461. The molecule has 1 aliphatic rings. The molecule has 0 aromatic carbocycles. The van der Waals surface area contributed by atoms with Gasteiger partial charge in [-0.3, -0.25) is 14.6 Å². The lowest BCUT2D eigenvalue weighted by Crippen LogP contribution is -2.45. The molecule has 5 nitrogen and oxygen atoms in total. The highest BCUT2D eigenvalue weighted by Gasteiger charge is 2.26. The number of nitrogens with zero attached hydrogens (tertiary/aromatic N) is 2. The van der Waals surface area contributed by atoms with E-state index < -0.39 is 0 Å². The van der Waals surface area contributed by atoms with Gasteiger partial charge >= 0.3 is 0 Å². The third kappa shape index (κ3) is 4.05. The van der Waals surface area contributed by atoms with E-state index in [4.69, 9.17) is 0 Å². The van der Waals surface area contributed by atoms with Crippen molar-refractivity contribution in [2.75, 3.05) is 19.6 Å². The zero-order valence-electron chi connectivity index (χ0n) is 11.8. The number of amides is 2. The SMILES string of the molecule is CC(=O)N1CCCC(C(=O)NCCc2cccnc2)C1. The number of piperidine rings is 1. The number of nitrogens with one attached hydrogen (secondary N) is 1. The van der Waals surface area contributed by atoms with Crippen LogP contribution in [0.2, 0.25) is 0 Å². The van der Waals surface area contributed by atoms with Gasteiger partial charge in [-0.15, -0.1) is 0 Å². The molecule has 108 valence electrons. The van der Waals surface area contributed by atoms with E-state index in [1.54, 1.807) is 18.0 Å². The standard InChI is InChI=1S/C15H21N3O2/c1-12(19)18-9-3-5-14(11-18)15(20)17-8-6-13-4-2-7-16-10-13/h2,4,7,10,14H,3,5-6,8-9,11H2,1H3,(H,17,20). The Morgan fingerprint density at radius 3 is 3.05 bits per heavy atom. The maximum atomic E-state index is 12.1. The van der Waals surface area contributed by atoms with Crippen LogP contribution in [0, 0.1) is 5.92 Å². The molecule has 0 spiro atoms. The van der Waals surface area contributed by atoms with Crippen molar-refractivity contribution >= 4 is 11.8 Å². The normalized spacial score (nSPS) is 18.6. The molecule has 1 unspecified atom stereocenters. The molecule has 1 saturated heterocycles. The fourth-order valence-corrected chi connectivity index (χ4v) is 2.50. The number of rotatable bonds is 4. The summed E-state index contributed by atoms with van der Waals surface area (Å²) in [6.07, 6.45) is 6.09. The highest BCUT2D eigenvalue weighted by Crippen LogP contribution is 2.16. The van der Waals surface area contributed by atoms with E-state index in [-0.39, 0.29) is 17.7 Å². The van der Waals surface area contributed by atoms with E-state index >= 15 is 0 Å². The average molecular weight is 275 g/mol. The molecule has 1 fully saturated rings. The first-order valence-corrected chi connectivity index (χ1v) is 7.09. The second kappa shape index (κ2) is 7.03. The molecule has 0 saturated carbocycles. The fourth-order valence-electron chi connectivity index (χ4n) is 2.50. The molecule has 20 heavy (non-hydrogen) atoms. The molecule has 0 aliphatic carbocycles. The molecule has 1 aliphatic heterocycles. The summed E-state index contributed by atoms with van der Waals surface area (Å²) in [5.74, 6) is 0.0410. The van der Waals surface area contributed by atoms with Crippen molar-refractivity contribution < 1.29 is 9.59 Å². The Labute approximate surface area is 119 Å². The van der Waals surface area contributed by atoms with Gasteiger partial charge in [0.2, 0.25) is 11.8 Å². The highest BCUT2D eigenvalue weighted by atomic mass is 16.2. The van der Waals surface area contributed by atoms with Gasteiger partial charge in [0.25, 0.3) is 0 Å². The summed E-state index contributed by atoms with van der Waals surface area (Å²) in [5.41, 5.74) is 1.11. The van der Waals surface area contributed by atoms with Crippen molar-refractivity contribution in [1.29, 1.82) is 0 Å². The number of hydrogen-bond donors (Lipinski definition) is 1. The van der Waals surface area contributed by atoms with Crippen LogP contribution >= 0.6 is 0 Å². The predicted molar refractivity (Wildman–Crippen MR) is 75.9 cm³/mol. The lowest BCUT2D eigenvalue weighted by Gasteiger charge is -2.31. The van der Waals surface area contributed by atoms with Gasteiger partial charge in [-0.2, -0.15) is 0 Å². The van der Waals surface area contributed by atoms with Gasteiger partial charge in [-0.25, -0.2) is 0 Å². The monoisotopic (exact) mass is 275 g/mol. The molecule has 2 amide bonds. The van der Waals surface area contributed by atoms with E-state index in [0.29, 0.717) is 13.1 Å². The van der Waals surface area contributed by atoms with Crippen molar-refractivity contribution in [3.05, 3.63) is 30.1 Å². The molecule has 1 aromatic heterocycles. The van der Waals surface area contributed by atoms with Gasteiger partial charge in [0.05, 0.1) is 5.92 Å². The number of hydrogen-bond acceptors (Lipinski definition) is 3. The number of pyridine rings is 1. The molecule has 2 heterocycles. The van der Waals surface area contributed by atoms with Crippen LogP contribution in [0.3, 0.4) is 0 Å². The fraction of sp³-hybridized carbons (Fsp3) is 0.533. The van der Waals surface area contributed by atoms with Crippen LogP contribution in [0.1, 0.15) is 25.3 Å². The summed E-state index contributed by atoms with van der Waals surface area (Å²) >= 11 is 0. The van der Waals surface area contributed by atoms with Crippen LogP contribution in [0.15, 0.2) is 24.5 Å². The third-order valence-electron chi connectivity index (χ3n) is 3.67. The zero-order valence-corrected chi connectivity index (χ0v) is 11.8. The lowest BCUT2D eigenvalue weighted by atomic mass is 9.97. The molecule has 0 radical (unpaired) electrons. The Hall–Kier alpha value is -1.91. The van der Waals surface area contributed by atoms with Crippen molar-refractivity contribution in [3.63, 3.8) is 0 Å². The summed E-state index contributed by atoms with van der Waals surface area (Å²) in [5, 5.41) is 2.96. The Kier molecular flexibility index (Phi) is 5.09. The average Bonchev–Trinajstić information content (AvgIpc) is 2.48. The van der Waals surface area contributed by atoms with Crippen LogP contribution in [0.5, 0.6) is 0 Å². The quantitative estimate of drug-likeness (QED) is 0.891. The van der Waals surface area contributed by atoms with Crippen molar-refractivity contribution in [1.82, 2.24) is 15.2 Å². The van der Waals surface area contributed by atoms with Gasteiger partial charge in [0.15, 0.2) is 0 Å². The van der Waals surface area contributed by atoms with Gasteiger partial charge in [-0.1, -0.05) is 6.07 Å². The molecule has 1 aromatic rings. The van der Waals surface area contributed by atoms with Crippen LogP contribution in [-0.4, -0.2) is 41.3 Å². The minimum atomic E-state index is -0.0680. The van der Waals surface area contributed by atoms with Crippen LogP contribution in [-0.2, 0) is 16.0 Å². The predicted octanol–water partition coefficient (Wildman–Crippen LogP) is 0.999.